The summed E-state index contributed by atoms with van der Waals surface area (Å²) in [5, 5.41) is 3.40. The second-order valence-corrected chi connectivity index (χ2v) is 8.82. The van der Waals surface area contributed by atoms with Crippen LogP contribution in [0.25, 0.3) is 0 Å². The Kier molecular flexibility index (Phi) is 7.14. The molecule has 0 aliphatic heterocycles. The predicted octanol–water partition coefficient (Wildman–Crippen LogP) is 5.38. The van der Waals surface area contributed by atoms with Crippen LogP contribution in [0.2, 0.25) is 5.02 Å². The van der Waals surface area contributed by atoms with E-state index in [-0.39, 0.29) is 0 Å². The number of anilines is 1. The smallest absolute Gasteiger partial charge is 0.296 e. The molecule has 1 aromatic carbocycles. The van der Waals surface area contributed by atoms with Crippen LogP contribution in [-0.2, 0) is 24.2 Å². The van der Waals surface area contributed by atoms with Gasteiger partial charge in [-0.25, -0.2) is 4.98 Å². The molecule has 0 unspecified atom stereocenters. The van der Waals surface area contributed by atoms with Crippen LogP contribution >= 0.6 is 11.6 Å². The maximum Gasteiger partial charge on any atom is 0.296 e. The van der Waals surface area contributed by atoms with Crippen LogP contribution in [0.3, 0.4) is 0 Å². The third kappa shape index (κ3) is 5.11. The molecule has 0 saturated carbocycles. The van der Waals surface area contributed by atoms with Crippen molar-refractivity contribution in [2.75, 3.05) is 12.4 Å². The highest BCUT2D eigenvalue weighted by molar-refractivity contribution is 6.47. The molecule has 2 aromatic heterocycles. The number of halogens is 1. The van der Waals surface area contributed by atoms with Crippen molar-refractivity contribution in [3.63, 3.8) is 0 Å². The Bertz CT molecular complexity index is 1170. The van der Waals surface area contributed by atoms with Gasteiger partial charge in [0.25, 0.3) is 11.7 Å². The number of ketones is 1. The maximum atomic E-state index is 13.4. The lowest BCUT2D eigenvalue weighted by Gasteiger charge is -2.15. The molecule has 3 aromatic rings. The van der Waals surface area contributed by atoms with Gasteiger partial charge in [0.1, 0.15) is 0 Å². The van der Waals surface area contributed by atoms with Gasteiger partial charge in [-0.15, -0.1) is 0 Å². The first-order chi connectivity index (χ1) is 16.0. The molecule has 0 radical (unpaired) electrons. The zero-order valence-electron chi connectivity index (χ0n) is 19.0. The third-order valence-corrected chi connectivity index (χ3v) is 6.47. The number of methoxy groups -OCH3 is 1. The Morgan fingerprint density at radius 1 is 1.09 bits per heavy atom. The highest BCUT2D eigenvalue weighted by Gasteiger charge is 2.29. The van der Waals surface area contributed by atoms with E-state index in [2.05, 4.69) is 14.9 Å². The number of Topliss-reactive ketones (excluding diaryl/α,β-unsaturated/α-hetero) is 1. The molecule has 1 aliphatic rings. The van der Waals surface area contributed by atoms with Gasteiger partial charge in [-0.3, -0.25) is 9.59 Å². The number of hydrogen-bond acceptors (Lipinski definition) is 4. The standard InChI is InChI=1S/C26H28ClN3O3/c1-17-24(25(31)26(32)29-20-13-14-28-23(15-20)33-2)21-7-5-3-4-6-8-22(21)30(17)16-18-9-11-19(27)12-10-18/h9-15H,3-8,16H2,1-2H3,(H,28,29,32). The highest BCUT2D eigenvalue weighted by Crippen LogP contribution is 2.30. The quantitative estimate of drug-likeness (QED) is 0.391. The number of aromatic nitrogens is 2. The summed E-state index contributed by atoms with van der Waals surface area (Å²) >= 11 is 6.06. The zero-order valence-corrected chi connectivity index (χ0v) is 19.7. The molecule has 0 atom stereocenters. The minimum Gasteiger partial charge on any atom is -0.481 e. The Morgan fingerprint density at radius 3 is 2.55 bits per heavy atom. The van der Waals surface area contributed by atoms with Crippen LogP contribution in [-0.4, -0.2) is 28.4 Å². The maximum absolute atomic E-state index is 13.4. The van der Waals surface area contributed by atoms with Crippen LogP contribution in [0.1, 0.15) is 58.6 Å². The Hall–Kier alpha value is -3.12. The molecule has 4 rings (SSSR count). The number of nitrogens with zero attached hydrogens (tertiary/aromatic N) is 2. The van der Waals surface area contributed by atoms with E-state index in [1.807, 2.05) is 31.2 Å². The summed E-state index contributed by atoms with van der Waals surface area (Å²) in [6.07, 6.45) is 7.65. The Morgan fingerprint density at radius 2 is 1.82 bits per heavy atom. The van der Waals surface area contributed by atoms with Crippen molar-refractivity contribution >= 4 is 29.0 Å². The number of fused-ring (bicyclic) bond motifs is 1. The van der Waals surface area contributed by atoms with Crippen molar-refractivity contribution in [1.82, 2.24) is 9.55 Å². The van der Waals surface area contributed by atoms with Gasteiger partial charge in [0.2, 0.25) is 5.88 Å². The number of carbonyl (C=O) groups is 2. The lowest BCUT2D eigenvalue weighted by atomic mass is 9.94. The predicted molar refractivity (Wildman–Crippen MR) is 129 cm³/mol. The summed E-state index contributed by atoms with van der Waals surface area (Å²) < 4.78 is 7.32. The molecule has 1 amide bonds. The van der Waals surface area contributed by atoms with Crippen molar-refractivity contribution in [3.8, 4) is 5.88 Å². The third-order valence-electron chi connectivity index (χ3n) is 6.22. The van der Waals surface area contributed by atoms with Gasteiger partial charge in [-0.1, -0.05) is 36.6 Å². The summed E-state index contributed by atoms with van der Waals surface area (Å²) in [6, 6.07) is 11.0. The number of pyridine rings is 1. The van der Waals surface area contributed by atoms with E-state index in [0.717, 1.165) is 48.9 Å². The Labute approximate surface area is 198 Å². The van der Waals surface area contributed by atoms with Crippen molar-refractivity contribution < 1.29 is 14.3 Å². The minimum atomic E-state index is -0.653. The van der Waals surface area contributed by atoms with Gasteiger partial charge in [0.05, 0.1) is 12.7 Å². The summed E-state index contributed by atoms with van der Waals surface area (Å²) in [5.41, 5.74) is 5.15. The summed E-state index contributed by atoms with van der Waals surface area (Å²) in [5.74, 6) is -0.787. The lowest BCUT2D eigenvalue weighted by Crippen LogP contribution is -2.24. The van der Waals surface area contributed by atoms with E-state index < -0.39 is 11.7 Å². The summed E-state index contributed by atoms with van der Waals surface area (Å²) in [7, 11) is 1.50. The van der Waals surface area contributed by atoms with Gasteiger partial charge in [0, 0.05) is 40.9 Å². The normalized spacial score (nSPS) is 13.5. The van der Waals surface area contributed by atoms with Gasteiger partial charge < -0.3 is 14.6 Å². The van der Waals surface area contributed by atoms with Gasteiger partial charge in [0.15, 0.2) is 0 Å². The lowest BCUT2D eigenvalue weighted by molar-refractivity contribution is -0.112. The van der Waals surface area contributed by atoms with Crippen molar-refractivity contribution in [3.05, 3.63) is 75.7 Å². The fourth-order valence-corrected chi connectivity index (χ4v) is 4.68. The van der Waals surface area contributed by atoms with E-state index in [4.69, 9.17) is 16.3 Å². The largest absolute Gasteiger partial charge is 0.481 e. The highest BCUT2D eigenvalue weighted by atomic mass is 35.5. The first-order valence-corrected chi connectivity index (χ1v) is 11.7. The van der Waals surface area contributed by atoms with Gasteiger partial charge in [-0.2, -0.15) is 0 Å². The van der Waals surface area contributed by atoms with E-state index in [0.29, 0.717) is 28.7 Å². The van der Waals surface area contributed by atoms with E-state index in [1.165, 1.54) is 25.4 Å². The first-order valence-electron chi connectivity index (χ1n) is 11.3. The molecule has 33 heavy (non-hydrogen) atoms. The monoisotopic (exact) mass is 465 g/mol. The molecule has 0 fully saturated rings. The molecule has 0 saturated heterocycles. The van der Waals surface area contributed by atoms with Crippen molar-refractivity contribution in [1.29, 1.82) is 0 Å². The molecule has 7 heteroatoms. The molecular formula is C26H28ClN3O3. The number of rotatable bonds is 6. The molecule has 6 nitrogen and oxygen atoms in total. The minimum absolute atomic E-state index is 0.371. The van der Waals surface area contributed by atoms with Crippen LogP contribution in [0, 0.1) is 6.92 Å². The number of carbonyl (C=O) groups excluding carboxylic acids is 2. The Balaban J connectivity index is 1.69. The second kappa shape index (κ2) is 10.2. The van der Waals surface area contributed by atoms with E-state index >= 15 is 0 Å². The number of ether oxygens (including phenoxy) is 1. The molecule has 172 valence electrons. The average Bonchev–Trinajstić information content (AvgIpc) is 3.04. The second-order valence-electron chi connectivity index (χ2n) is 8.38. The van der Waals surface area contributed by atoms with Crippen LogP contribution in [0.15, 0.2) is 42.6 Å². The fourth-order valence-electron chi connectivity index (χ4n) is 4.55. The van der Waals surface area contributed by atoms with Crippen molar-refractivity contribution in [2.45, 2.75) is 52.0 Å². The van der Waals surface area contributed by atoms with Gasteiger partial charge >= 0.3 is 0 Å². The fraction of sp³-hybridized carbons (Fsp3) is 0.346. The summed E-state index contributed by atoms with van der Waals surface area (Å²) in [4.78, 5) is 30.4. The molecule has 0 bridgehead atoms. The molecule has 1 aliphatic carbocycles. The molecule has 0 spiro atoms. The van der Waals surface area contributed by atoms with E-state index in [1.54, 1.807) is 12.1 Å². The van der Waals surface area contributed by atoms with Crippen LogP contribution in [0.5, 0.6) is 5.88 Å². The first kappa shape index (κ1) is 23.1. The number of hydrogen-bond donors (Lipinski definition) is 1. The SMILES string of the molecule is COc1cc(NC(=O)C(=O)c2c3c(n(Cc4ccc(Cl)cc4)c2C)CCCCCC3)ccn1. The summed E-state index contributed by atoms with van der Waals surface area (Å²) in [6.45, 7) is 2.58. The molecule has 1 N–H and O–H groups in total. The van der Waals surface area contributed by atoms with Crippen LogP contribution < -0.4 is 10.1 Å². The zero-order chi connectivity index (χ0) is 23.4. The van der Waals surface area contributed by atoms with Crippen LogP contribution in [0.4, 0.5) is 5.69 Å². The van der Waals surface area contributed by atoms with E-state index in [9.17, 15) is 9.59 Å². The van der Waals surface area contributed by atoms with Gasteiger partial charge in [-0.05, 0) is 61.9 Å². The number of benzene rings is 1. The number of amides is 1. The molecular weight excluding hydrogens is 438 g/mol. The van der Waals surface area contributed by atoms with Crippen molar-refractivity contribution in [2.24, 2.45) is 0 Å². The number of nitrogens with one attached hydrogen (secondary N) is 1. The molecule has 2 heterocycles. The topological polar surface area (TPSA) is 73.2 Å². The average molecular weight is 466 g/mol.